The molecule has 13 aromatic rings. The van der Waals surface area contributed by atoms with Crippen molar-refractivity contribution in [2.45, 2.75) is 0 Å². The lowest BCUT2D eigenvalue weighted by atomic mass is 9.90. The SMILES string of the molecule is c1ccc(-c2cccc(-c3nc(-n4c5ccccc5c5c6ccccc6c(-c6cc7c8ccccc8n(-c8ccccc8)c7c7ccccc67)cc54)nc4ccccc34)c2)cc1. The molecule has 4 nitrogen and oxygen atoms in total. The first-order valence-corrected chi connectivity index (χ1v) is 21.2. The Morgan fingerprint density at radius 2 is 0.855 bits per heavy atom. The maximum Gasteiger partial charge on any atom is 0.235 e. The van der Waals surface area contributed by atoms with Gasteiger partial charge >= 0.3 is 0 Å². The maximum absolute atomic E-state index is 5.54. The summed E-state index contributed by atoms with van der Waals surface area (Å²) in [5, 5.41) is 10.6. The molecule has 0 bridgehead atoms. The number of hydrogen-bond donors (Lipinski definition) is 0. The first-order chi connectivity index (χ1) is 30.8. The van der Waals surface area contributed by atoms with Gasteiger partial charge < -0.3 is 4.57 Å². The maximum atomic E-state index is 5.54. The minimum absolute atomic E-state index is 0.641. The van der Waals surface area contributed by atoms with Crippen LogP contribution in [0.3, 0.4) is 0 Å². The van der Waals surface area contributed by atoms with Gasteiger partial charge in [0.25, 0.3) is 0 Å². The third-order valence-electron chi connectivity index (χ3n) is 12.7. The molecule has 0 amide bonds. The number of aromatic nitrogens is 4. The second-order valence-corrected chi connectivity index (χ2v) is 16.1. The lowest BCUT2D eigenvalue weighted by molar-refractivity contribution is 1.01. The van der Waals surface area contributed by atoms with Crippen molar-refractivity contribution in [2.24, 2.45) is 0 Å². The molecule has 0 aliphatic rings. The van der Waals surface area contributed by atoms with Crippen LogP contribution >= 0.6 is 0 Å². The van der Waals surface area contributed by atoms with Gasteiger partial charge in [0.2, 0.25) is 5.95 Å². The summed E-state index contributed by atoms with van der Waals surface area (Å²) in [7, 11) is 0. The molecular formula is C58H36N4. The Morgan fingerprint density at radius 3 is 1.63 bits per heavy atom. The minimum Gasteiger partial charge on any atom is -0.309 e. The van der Waals surface area contributed by atoms with Crippen molar-refractivity contribution in [1.29, 1.82) is 0 Å². The van der Waals surface area contributed by atoms with E-state index in [0.29, 0.717) is 5.95 Å². The Kier molecular flexibility index (Phi) is 7.57. The predicted octanol–water partition coefficient (Wildman–Crippen LogP) is 15.1. The quantitative estimate of drug-likeness (QED) is 0.174. The monoisotopic (exact) mass is 788 g/mol. The summed E-state index contributed by atoms with van der Waals surface area (Å²) in [4.78, 5) is 10.9. The molecule has 0 fully saturated rings. The molecule has 0 saturated carbocycles. The average molecular weight is 789 g/mol. The molecule has 0 aliphatic heterocycles. The number of nitrogens with zero attached hydrogens (tertiary/aromatic N) is 4. The van der Waals surface area contributed by atoms with Crippen molar-refractivity contribution in [3.05, 3.63) is 218 Å². The fourth-order valence-electron chi connectivity index (χ4n) is 10.0. The highest BCUT2D eigenvalue weighted by molar-refractivity contribution is 6.27. The van der Waals surface area contributed by atoms with E-state index in [1.807, 2.05) is 0 Å². The zero-order valence-electron chi connectivity index (χ0n) is 33.6. The normalized spacial score (nSPS) is 11.9. The van der Waals surface area contributed by atoms with E-state index in [2.05, 4.69) is 228 Å². The van der Waals surface area contributed by atoms with Gasteiger partial charge in [-0.05, 0) is 86.9 Å². The standard InChI is InChI=1S/C58H36N4/c1-3-18-37(19-4-1)38-20-17-21-39(34-38)56-46-29-11-14-31-51(46)59-58(60-56)62-53-33-16-13-30-47(53)55-44-27-9-7-24-41(44)49(36-54(55)62)48-35-50-43-26-12-15-32-52(43)61(40-22-5-2-6-23-40)57(50)45-28-10-8-25-42(45)48/h1-36H. The number of fused-ring (bicyclic) bond motifs is 11. The third-order valence-corrected chi connectivity index (χ3v) is 12.7. The first-order valence-electron chi connectivity index (χ1n) is 21.2. The predicted molar refractivity (Wildman–Crippen MR) is 260 cm³/mol. The number of rotatable bonds is 5. The fourth-order valence-corrected chi connectivity index (χ4v) is 10.0. The minimum atomic E-state index is 0.641. The Bertz CT molecular complexity index is 3920. The van der Waals surface area contributed by atoms with Crippen LogP contribution in [0.15, 0.2) is 218 Å². The van der Waals surface area contributed by atoms with E-state index in [4.69, 9.17) is 9.97 Å². The molecule has 13 rings (SSSR count). The van der Waals surface area contributed by atoms with E-state index in [-0.39, 0.29) is 0 Å². The van der Waals surface area contributed by atoms with Gasteiger partial charge in [0.05, 0.1) is 33.3 Å². The Balaban J connectivity index is 1.13. The van der Waals surface area contributed by atoms with Crippen LogP contribution in [0.4, 0.5) is 0 Å². The van der Waals surface area contributed by atoms with Crippen LogP contribution in [-0.4, -0.2) is 19.1 Å². The van der Waals surface area contributed by atoms with E-state index in [9.17, 15) is 0 Å². The van der Waals surface area contributed by atoms with E-state index >= 15 is 0 Å². The summed E-state index contributed by atoms with van der Waals surface area (Å²) in [6, 6.07) is 78.5. The van der Waals surface area contributed by atoms with Gasteiger partial charge in [-0.25, -0.2) is 9.97 Å². The second-order valence-electron chi connectivity index (χ2n) is 16.1. The van der Waals surface area contributed by atoms with Crippen LogP contribution in [0.25, 0.3) is 121 Å². The molecule has 288 valence electrons. The summed E-state index contributed by atoms with van der Waals surface area (Å²) in [6.45, 7) is 0. The highest BCUT2D eigenvalue weighted by Crippen LogP contribution is 2.46. The third kappa shape index (κ3) is 5.14. The summed E-state index contributed by atoms with van der Waals surface area (Å²) in [5.74, 6) is 0.641. The van der Waals surface area contributed by atoms with Crippen LogP contribution < -0.4 is 0 Å². The molecule has 3 aromatic heterocycles. The fraction of sp³-hybridized carbons (Fsp3) is 0. The molecule has 62 heavy (non-hydrogen) atoms. The van der Waals surface area contributed by atoms with Crippen molar-refractivity contribution in [2.75, 3.05) is 0 Å². The first kappa shape index (κ1) is 34.5. The van der Waals surface area contributed by atoms with Gasteiger partial charge in [0.15, 0.2) is 0 Å². The molecule has 0 unspecified atom stereocenters. The van der Waals surface area contributed by atoms with Crippen LogP contribution in [0.1, 0.15) is 0 Å². The average Bonchev–Trinajstić information content (AvgIpc) is 3.87. The molecule has 0 atom stereocenters. The number of para-hydroxylation sites is 4. The van der Waals surface area contributed by atoms with Gasteiger partial charge in [-0.3, -0.25) is 4.57 Å². The molecule has 0 spiro atoms. The number of benzene rings is 10. The smallest absolute Gasteiger partial charge is 0.235 e. The zero-order valence-corrected chi connectivity index (χ0v) is 33.6. The molecule has 0 radical (unpaired) electrons. The summed E-state index contributed by atoms with van der Waals surface area (Å²) in [5.41, 5.74) is 13.2. The van der Waals surface area contributed by atoms with Crippen molar-refractivity contribution in [3.8, 4) is 45.1 Å². The van der Waals surface area contributed by atoms with Crippen LogP contribution in [0, 0.1) is 0 Å². The molecule has 0 saturated heterocycles. The Labute approximate surface area is 357 Å². The highest BCUT2D eigenvalue weighted by atomic mass is 15.2. The molecule has 3 heterocycles. The van der Waals surface area contributed by atoms with Crippen LogP contribution in [-0.2, 0) is 0 Å². The molecule has 4 heteroatoms. The van der Waals surface area contributed by atoms with E-state index in [1.165, 1.54) is 70.8 Å². The number of hydrogen-bond acceptors (Lipinski definition) is 2. The largest absolute Gasteiger partial charge is 0.309 e. The zero-order chi connectivity index (χ0) is 40.7. The van der Waals surface area contributed by atoms with Gasteiger partial charge in [0, 0.05) is 43.6 Å². The van der Waals surface area contributed by atoms with E-state index < -0.39 is 0 Å². The van der Waals surface area contributed by atoms with Gasteiger partial charge in [-0.1, -0.05) is 170 Å². The second kappa shape index (κ2) is 13.6. The van der Waals surface area contributed by atoms with E-state index in [0.717, 1.165) is 44.4 Å². The van der Waals surface area contributed by atoms with Crippen LogP contribution in [0.2, 0.25) is 0 Å². The summed E-state index contributed by atoms with van der Waals surface area (Å²) < 4.78 is 4.72. The summed E-state index contributed by atoms with van der Waals surface area (Å²) in [6.07, 6.45) is 0. The van der Waals surface area contributed by atoms with Crippen LogP contribution in [0.5, 0.6) is 0 Å². The molecular weight excluding hydrogens is 753 g/mol. The molecule has 10 aromatic carbocycles. The van der Waals surface area contributed by atoms with Crippen molar-refractivity contribution < 1.29 is 0 Å². The summed E-state index contributed by atoms with van der Waals surface area (Å²) >= 11 is 0. The molecule has 0 aliphatic carbocycles. The Morgan fingerprint density at radius 1 is 0.306 bits per heavy atom. The van der Waals surface area contributed by atoms with Gasteiger partial charge in [0.1, 0.15) is 0 Å². The van der Waals surface area contributed by atoms with Crippen molar-refractivity contribution >= 4 is 76.1 Å². The van der Waals surface area contributed by atoms with Gasteiger partial charge in [-0.15, -0.1) is 0 Å². The van der Waals surface area contributed by atoms with Crippen molar-refractivity contribution in [1.82, 2.24) is 19.1 Å². The lowest BCUT2D eigenvalue weighted by Gasteiger charge is -2.16. The van der Waals surface area contributed by atoms with E-state index in [1.54, 1.807) is 0 Å². The molecule has 0 N–H and O–H groups in total. The lowest BCUT2D eigenvalue weighted by Crippen LogP contribution is -2.03. The topological polar surface area (TPSA) is 35.6 Å². The van der Waals surface area contributed by atoms with Gasteiger partial charge in [-0.2, -0.15) is 0 Å². The van der Waals surface area contributed by atoms with Crippen molar-refractivity contribution in [3.63, 3.8) is 0 Å². The highest BCUT2D eigenvalue weighted by Gasteiger charge is 2.23. The Hall–Kier alpha value is -8.34.